The van der Waals surface area contributed by atoms with Crippen LogP contribution in [0.2, 0.25) is 0 Å². The van der Waals surface area contributed by atoms with Crippen LogP contribution in [0, 0.1) is 6.92 Å². The van der Waals surface area contributed by atoms with Crippen LogP contribution in [-0.4, -0.2) is 44.7 Å². The molecule has 0 unspecified atom stereocenters. The molecule has 1 fully saturated rings. The van der Waals surface area contributed by atoms with Crippen molar-refractivity contribution in [3.8, 4) is 0 Å². The van der Waals surface area contributed by atoms with Gasteiger partial charge >= 0.3 is 0 Å². The Morgan fingerprint density at radius 2 is 2.00 bits per heavy atom. The van der Waals surface area contributed by atoms with Crippen LogP contribution in [-0.2, 0) is 6.42 Å². The molecular formula is C12H18N8O. The highest BCUT2D eigenvalue weighted by Gasteiger charge is 2.16. The fraction of sp³-hybridized carbons (Fsp3) is 0.583. The lowest BCUT2D eigenvalue weighted by Crippen LogP contribution is -2.22. The molecule has 0 aliphatic carbocycles. The number of nitrogens with zero attached hydrogens (tertiary/aromatic N) is 6. The molecule has 21 heavy (non-hydrogen) atoms. The van der Waals surface area contributed by atoms with E-state index >= 15 is 0 Å². The van der Waals surface area contributed by atoms with E-state index in [9.17, 15) is 0 Å². The van der Waals surface area contributed by atoms with E-state index in [0.717, 1.165) is 25.9 Å². The average molecular weight is 290 g/mol. The van der Waals surface area contributed by atoms with E-state index in [0.29, 0.717) is 36.6 Å². The van der Waals surface area contributed by atoms with Gasteiger partial charge in [-0.15, -0.1) is 0 Å². The van der Waals surface area contributed by atoms with Crippen LogP contribution in [0.4, 0.5) is 17.8 Å². The van der Waals surface area contributed by atoms with Crippen LogP contribution in [0.1, 0.15) is 24.6 Å². The Hall–Kier alpha value is -2.45. The third-order valence-electron chi connectivity index (χ3n) is 3.23. The summed E-state index contributed by atoms with van der Waals surface area (Å²) in [7, 11) is 0. The second-order valence-corrected chi connectivity index (χ2v) is 4.92. The molecule has 1 saturated heterocycles. The second kappa shape index (κ2) is 5.90. The van der Waals surface area contributed by atoms with Crippen molar-refractivity contribution in [2.45, 2.75) is 26.2 Å². The molecule has 3 N–H and O–H groups in total. The van der Waals surface area contributed by atoms with E-state index in [4.69, 9.17) is 10.3 Å². The topological polar surface area (TPSA) is 119 Å². The average Bonchev–Trinajstić information content (AvgIpc) is 3.10. The molecule has 1 aliphatic heterocycles. The normalized spacial score (nSPS) is 14.6. The monoisotopic (exact) mass is 290 g/mol. The number of rotatable bonds is 5. The fourth-order valence-corrected chi connectivity index (χ4v) is 2.25. The van der Waals surface area contributed by atoms with Crippen LogP contribution in [0.15, 0.2) is 4.52 Å². The summed E-state index contributed by atoms with van der Waals surface area (Å²) < 4.78 is 4.92. The van der Waals surface area contributed by atoms with E-state index in [2.05, 4.69) is 35.3 Å². The largest absolute Gasteiger partial charge is 0.368 e. The van der Waals surface area contributed by atoms with Gasteiger partial charge in [0.25, 0.3) is 0 Å². The molecule has 2 aromatic heterocycles. The molecule has 0 atom stereocenters. The second-order valence-electron chi connectivity index (χ2n) is 4.92. The number of aromatic nitrogens is 5. The van der Waals surface area contributed by atoms with Crippen molar-refractivity contribution >= 4 is 17.8 Å². The first-order chi connectivity index (χ1) is 10.2. The Bertz CT molecular complexity index is 607. The van der Waals surface area contributed by atoms with Crippen LogP contribution in [0.3, 0.4) is 0 Å². The number of anilines is 3. The van der Waals surface area contributed by atoms with Gasteiger partial charge in [-0.25, -0.2) is 0 Å². The minimum Gasteiger partial charge on any atom is -0.368 e. The fourth-order valence-electron chi connectivity index (χ4n) is 2.25. The summed E-state index contributed by atoms with van der Waals surface area (Å²) in [5, 5.41) is 6.95. The molecule has 112 valence electrons. The molecule has 3 heterocycles. The van der Waals surface area contributed by atoms with Crippen molar-refractivity contribution in [2.75, 3.05) is 35.6 Å². The van der Waals surface area contributed by atoms with Gasteiger partial charge in [0.1, 0.15) is 0 Å². The van der Waals surface area contributed by atoms with Gasteiger partial charge in [-0.3, -0.25) is 0 Å². The summed E-state index contributed by atoms with van der Waals surface area (Å²) in [5.74, 6) is 2.56. The zero-order valence-corrected chi connectivity index (χ0v) is 11.9. The molecule has 0 spiro atoms. The summed E-state index contributed by atoms with van der Waals surface area (Å²) in [6.45, 7) is 4.29. The molecule has 0 saturated carbocycles. The first kappa shape index (κ1) is 13.5. The van der Waals surface area contributed by atoms with Crippen molar-refractivity contribution in [1.82, 2.24) is 25.1 Å². The Balaban J connectivity index is 1.61. The number of nitrogens with two attached hydrogens (primary N) is 1. The predicted molar refractivity (Wildman–Crippen MR) is 76.9 cm³/mol. The summed E-state index contributed by atoms with van der Waals surface area (Å²) >= 11 is 0. The molecular weight excluding hydrogens is 272 g/mol. The van der Waals surface area contributed by atoms with Gasteiger partial charge in [0.2, 0.25) is 23.7 Å². The minimum atomic E-state index is 0.227. The van der Waals surface area contributed by atoms with Gasteiger partial charge in [-0.1, -0.05) is 5.16 Å². The van der Waals surface area contributed by atoms with Crippen LogP contribution in [0.25, 0.3) is 0 Å². The third-order valence-corrected chi connectivity index (χ3v) is 3.23. The summed E-state index contributed by atoms with van der Waals surface area (Å²) in [6.07, 6.45) is 2.94. The van der Waals surface area contributed by atoms with Crippen molar-refractivity contribution in [2.24, 2.45) is 0 Å². The van der Waals surface area contributed by atoms with Crippen molar-refractivity contribution in [3.63, 3.8) is 0 Å². The summed E-state index contributed by atoms with van der Waals surface area (Å²) in [4.78, 5) is 18.9. The smallest absolute Gasteiger partial charge is 0.231 e. The van der Waals surface area contributed by atoms with Crippen molar-refractivity contribution in [3.05, 3.63) is 11.7 Å². The van der Waals surface area contributed by atoms with Crippen LogP contribution < -0.4 is 16.0 Å². The van der Waals surface area contributed by atoms with E-state index in [1.807, 2.05) is 0 Å². The quantitative estimate of drug-likeness (QED) is 0.806. The maximum Gasteiger partial charge on any atom is 0.231 e. The van der Waals surface area contributed by atoms with Gasteiger partial charge in [0, 0.05) is 33.0 Å². The lowest BCUT2D eigenvalue weighted by atomic mass is 10.4. The first-order valence-electron chi connectivity index (χ1n) is 7.00. The lowest BCUT2D eigenvalue weighted by Gasteiger charge is -2.15. The molecule has 0 radical (unpaired) electrons. The molecule has 9 heteroatoms. The van der Waals surface area contributed by atoms with Crippen molar-refractivity contribution < 1.29 is 4.52 Å². The zero-order valence-electron chi connectivity index (χ0n) is 11.9. The van der Waals surface area contributed by atoms with Gasteiger partial charge < -0.3 is 20.5 Å². The minimum absolute atomic E-state index is 0.227. The Kier molecular flexibility index (Phi) is 3.80. The van der Waals surface area contributed by atoms with Gasteiger partial charge in [-0.05, 0) is 12.8 Å². The molecule has 0 bridgehead atoms. The molecule has 0 amide bonds. The molecule has 2 aromatic rings. The number of nitrogen functional groups attached to an aromatic ring is 1. The van der Waals surface area contributed by atoms with Gasteiger partial charge in [0.05, 0.1) is 0 Å². The predicted octanol–water partition coefficient (Wildman–Crippen LogP) is 0.400. The Morgan fingerprint density at radius 1 is 1.19 bits per heavy atom. The summed E-state index contributed by atoms with van der Waals surface area (Å²) in [5.41, 5.74) is 5.74. The highest BCUT2D eigenvalue weighted by atomic mass is 16.5. The number of hydrogen-bond acceptors (Lipinski definition) is 9. The van der Waals surface area contributed by atoms with E-state index in [-0.39, 0.29) is 5.95 Å². The highest BCUT2D eigenvalue weighted by molar-refractivity contribution is 5.42. The standard InChI is InChI=1S/C12H18N8O/c1-8-15-9(19-21-8)4-5-14-11-16-10(13)17-12(18-11)20-6-2-3-7-20/h2-7H2,1H3,(H3,13,14,16,17,18). The molecule has 9 nitrogen and oxygen atoms in total. The van der Waals surface area contributed by atoms with E-state index in [1.54, 1.807) is 6.92 Å². The van der Waals surface area contributed by atoms with Gasteiger partial charge in [-0.2, -0.15) is 19.9 Å². The van der Waals surface area contributed by atoms with Crippen molar-refractivity contribution in [1.29, 1.82) is 0 Å². The SMILES string of the molecule is Cc1nc(CCNc2nc(N)nc(N3CCCC3)n2)no1. The molecule has 0 aromatic carbocycles. The number of nitrogens with one attached hydrogen (secondary N) is 1. The maximum atomic E-state index is 5.74. The highest BCUT2D eigenvalue weighted by Crippen LogP contribution is 2.17. The number of aryl methyl sites for hydroxylation is 1. The Labute approximate surface area is 122 Å². The number of hydrogen-bond donors (Lipinski definition) is 2. The van der Waals surface area contributed by atoms with Gasteiger partial charge in [0.15, 0.2) is 5.82 Å². The Morgan fingerprint density at radius 3 is 2.71 bits per heavy atom. The lowest BCUT2D eigenvalue weighted by molar-refractivity contribution is 0.387. The van der Waals surface area contributed by atoms with E-state index in [1.165, 1.54) is 0 Å². The molecule has 3 rings (SSSR count). The first-order valence-corrected chi connectivity index (χ1v) is 7.00. The maximum absolute atomic E-state index is 5.74. The zero-order chi connectivity index (χ0) is 14.7. The van der Waals surface area contributed by atoms with Crippen LogP contribution in [0.5, 0.6) is 0 Å². The van der Waals surface area contributed by atoms with E-state index < -0.39 is 0 Å². The summed E-state index contributed by atoms with van der Waals surface area (Å²) in [6, 6.07) is 0. The third kappa shape index (κ3) is 3.36. The van der Waals surface area contributed by atoms with Crippen LogP contribution >= 0.6 is 0 Å². The molecule has 1 aliphatic rings.